The Bertz CT molecular complexity index is 281. The Kier molecular flexibility index (Phi) is 1.85. The van der Waals surface area contributed by atoms with E-state index in [1.807, 2.05) is 6.07 Å². The molecule has 2 rings (SSSR count). The molecule has 1 nitrogen and oxygen atoms in total. The van der Waals surface area contributed by atoms with E-state index in [2.05, 4.69) is 0 Å². The number of hydrogen-bond donors (Lipinski definition) is 1. The van der Waals surface area contributed by atoms with Crippen LogP contribution in [-0.4, -0.2) is 0 Å². The first kappa shape index (κ1) is 7.74. The highest BCUT2D eigenvalue weighted by Gasteiger charge is 2.29. The zero-order chi connectivity index (χ0) is 8.55. The lowest BCUT2D eigenvalue weighted by atomic mass is 10.0. The molecule has 0 unspecified atom stereocenters. The predicted molar refractivity (Wildman–Crippen MR) is 46.1 cm³/mol. The maximum Gasteiger partial charge on any atom is 0.123 e. The minimum Gasteiger partial charge on any atom is -0.324 e. The monoisotopic (exact) mass is 165 g/mol. The highest BCUT2D eigenvalue weighted by molar-refractivity contribution is 5.21. The molecule has 12 heavy (non-hydrogen) atoms. The third-order valence-electron chi connectivity index (χ3n) is 2.36. The molecule has 0 radical (unpaired) electrons. The van der Waals surface area contributed by atoms with Gasteiger partial charge in [-0.3, -0.25) is 0 Å². The van der Waals surface area contributed by atoms with E-state index in [0.29, 0.717) is 5.92 Å². The molecule has 0 heterocycles. The Morgan fingerprint density at radius 3 is 2.75 bits per heavy atom. The van der Waals surface area contributed by atoms with Gasteiger partial charge in [0.2, 0.25) is 0 Å². The summed E-state index contributed by atoms with van der Waals surface area (Å²) in [4.78, 5) is 0. The molecule has 1 aromatic carbocycles. The van der Waals surface area contributed by atoms with E-state index in [0.717, 1.165) is 5.56 Å². The van der Waals surface area contributed by atoms with Crippen LogP contribution in [0.25, 0.3) is 0 Å². The molecular formula is C10H12FN. The summed E-state index contributed by atoms with van der Waals surface area (Å²) < 4.78 is 12.8. The summed E-state index contributed by atoms with van der Waals surface area (Å²) in [6, 6.07) is 6.63. The topological polar surface area (TPSA) is 26.0 Å². The van der Waals surface area contributed by atoms with E-state index >= 15 is 0 Å². The second-order valence-corrected chi connectivity index (χ2v) is 3.42. The highest BCUT2D eigenvalue weighted by atomic mass is 19.1. The first-order chi connectivity index (χ1) is 5.77. The fourth-order valence-electron chi connectivity index (χ4n) is 1.44. The van der Waals surface area contributed by atoms with E-state index in [4.69, 9.17) is 5.73 Å². The van der Waals surface area contributed by atoms with Crippen LogP contribution in [0.15, 0.2) is 24.3 Å². The van der Waals surface area contributed by atoms with Crippen molar-refractivity contribution < 1.29 is 4.39 Å². The molecule has 0 amide bonds. The normalized spacial score (nSPS) is 19.2. The third-order valence-corrected chi connectivity index (χ3v) is 2.36. The molecule has 1 aliphatic rings. The van der Waals surface area contributed by atoms with Crippen molar-refractivity contribution in [1.82, 2.24) is 0 Å². The van der Waals surface area contributed by atoms with E-state index < -0.39 is 0 Å². The number of halogens is 1. The van der Waals surface area contributed by atoms with Gasteiger partial charge in [-0.15, -0.1) is 0 Å². The van der Waals surface area contributed by atoms with Crippen molar-refractivity contribution in [2.24, 2.45) is 11.7 Å². The predicted octanol–water partition coefficient (Wildman–Crippen LogP) is 2.24. The summed E-state index contributed by atoms with van der Waals surface area (Å²) in [5.41, 5.74) is 6.83. The third kappa shape index (κ3) is 1.48. The van der Waals surface area contributed by atoms with Gasteiger partial charge in [-0.05, 0) is 36.5 Å². The lowest BCUT2D eigenvalue weighted by Gasteiger charge is -2.09. The second kappa shape index (κ2) is 2.87. The molecule has 1 aromatic rings. The minimum absolute atomic E-state index is 0.0423. The van der Waals surface area contributed by atoms with Crippen LogP contribution in [0.3, 0.4) is 0 Å². The van der Waals surface area contributed by atoms with E-state index in [9.17, 15) is 4.39 Å². The van der Waals surface area contributed by atoms with Gasteiger partial charge in [0.25, 0.3) is 0 Å². The summed E-state index contributed by atoms with van der Waals surface area (Å²) in [6.45, 7) is 0. The Morgan fingerprint density at radius 1 is 1.42 bits per heavy atom. The van der Waals surface area contributed by atoms with Gasteiger partial charge in [0.15, 0.2) is 0 Å². The van der Waals surface area contributed by atoms with Gasteiger partial charge in [0.05, 0.1) is 0 Å². The zero-order valence-corrected chi connectivity index (χ0v) is 6.83. The molecule has 0 aromatic heterocycles. The van der Waals surface area contributed by atoms with Gasteiger partial charge in [-0.2, -0.15) is 0 Å². The average Bonchev–Trinajstić information content (AvgIpc) is 2.85. The number of nitrogens with two attached hydrogens (primary N) is 1. The molecule has 0 bridgehead atoms. The van der Waals surface area contributed by atoms with Gasteiger partial charge in [-0.1, -0.05) is 12.1 Å². The van der Waals surface area contributed by atoms with Crippen LogP contribution in [0.1, 0.15) is 24.4 Å². The van der Waals surface area contributed by atoms with E-state index in [1.165, 1.54) is 25.0 Å². The highest BCUT2D eigenvalue weighted by Crippen LogP contribution is 2.39. The van der Waals surface area contributed by atoms with Crippen molar-refractivity contribution in [2.75, 3.05) is 0 Å². The number of rotatable bonds is 2. The average molecular weight is 165 g/mol. The Balaban J connectivity index is 2.20. The van der Waals surface area contributed by atoms with Crippen LogP contribution in [0.2, 0.25) is 0 Å². The van der Waals surface area contributed by atoms with Gasteiger partial charge in [0.1, 0.15) is 5.82 Å². The van der Waals surface area contributed by atoms with Crippen LogP contribution in [0.4, 0.5) is 4.39 Å². The molecule has 2 heteroatoms. The van der Waals surface area contributed by atoms with Crippen LogP contribution in [0, 0.1) is 11.7 Å². The Morgan fingerprint density at radius 2 is 2.17 bits per heavy atom. The standard InChI is InChI=1S/C10H12FN/c11-9-3-1-2-8(6-9)10(12)7-4-5-7/h1-3,6-7,10H,4-5,12H2/t10-/m1/s1. The first-order valence-electron chi connectivity index (χ1n) is 4.28. The van der Waals surface area contributed by atoms with Crippen molar-refractivity contribution in [3.8, 4) is 0 Å². The molecule has 2 N–H and O–H groups in total. The number of benzene rings is 1. The molecule has 0 saturated heterocycles. The van der Waals surface area contributed by atoms with E-state index in [1.54, 1.807) is 6.07 Å². The molecule has 1 atom stereocenters. The van der Waals surface area contributed by atoms with Crippen molar-refractivity contribution in [1.29, 1.82) is 0 Å². The lowest BCUT2D eigenvalue weighted by molar-refractivity contribution is 0.602. The van der Waals surface area contributed by atoms with Gasteiger partial charge in [-0.25, -0.2) is 4.39 Å². The smallest absolute Gasteiger partial charge is 0.123 e. The summed E-state index contributed by atoms with van der Waals surface area (Å²) in [5.74, 6) is 0.399. The molecule has 1 saturated carbocycles. The lowest BCUT2D eigenvalue weighted by Crippen LogP contribution is -2.12. The van der Waals surface area contributed by atoms with Crippen LogP contribution in [0.5, 0.6) is 0 Å². The SMILES string of the molecule is N[C@@H](c1cccc(F)c1)C1CC1. The van der Waals surface area contributed by atoms with Crippen LogP contribution in [-0.2, 0) is 0 Å². The van der Waals surface area contributed by atoms with E-state index in [-0.39, 0.29) is 11.9 Å². The maximum absolute atomic E-state index is 12.8. The molecule has 0 aliphatic heterocycles. The fraction of sp³-hybridized carbons (Fsp3) is 0.400. The molecule has 0 spiro atoms. The molecule has 64 valence electrons. The van der Waals surface area contributed by atoms with Crippen LogP contribution >= 0.6 is 0 Å². The van der Waals surface area contributed by atoms with Crippen molar-refractivity contribution in [3.63, 3.8) is 0 Å². The first-order valence-corrected chi connectivity index (χ1v) is 4.28. The summed E-state index contributed by atoms with van der Waals surface area (Å²) in [5, 5.41) is 0. The van der Waals surface area contributed by atoms with Gasteiger partial charge >= 0.3 is 0 Å². The Hall–Kier alpha value is -0.890. The summed E-state index contributed by atoms with van der Waals surface area (Å²) in [6.07, 6.45) is 2.38. The molecule has 1 aliphatic carbocycles. The van der Waals surface area contributed by atoms with Crippen molar-refractivity contribution >= 4 is 0 Å². The maximum atomic E-state index is 12.8. The zero-order valence-electron chi connectivity index (χ0n) is 6.83. The Labute approximate surface area is 71.4 Å². The minimum atomic E-state index is -0.191. The largest absolute Gasteiger partial charge is 0.324 e. The van der Waals surface area contributed by atoms with Crippen LogP contribution < -0.4 is 5.73 Å². The number of hydrogen-bond acceptors (Lipinski definition) is 1. The van der Waals surface area contributed by atoms with Crippen molar-refractivity contribution in [3.05, 3.63) is 35.6 Å². The second-order valence-electron chi connectivity index (χ2n) is 3.42. The van der Waals surface area contributed by atoms with Gasteiger partial charge < -0.3 is 5.73 Å². The quantitative estimate of drug-likeness (QED) is 0.714. The molecular weight excluding hydrogens is 153 g/mol. The fourth-order valence-corrected chi connectivity index (χ4v) is 1.44. The molecule has 1 fully saturated rings. The summed E-state index contributed by atoms with van der Waals surface area (Å²) in [7, 11) is 0. The summed E-state index contributed by atoms with van der Waals surface area (Å²) >= 11 is 0. The van der Waals surface area contributed by atoms with Gasteiger partial charge in [0, 0.05) is 6.04 Å². The van der Waals surface area contributed by atoms with Crippen molar-refractivity contribution in [2.45, 2.75) is 18.9 Å².